The van der Waals surface area contributed by atoms with Crippen LogP contribution in [0.4, 0.5) is 0 Å². The largest absolute Gasteiger partial charge is 0.396 e. The molecular formula is C11H17ClO2S. The van der Waals surface area contributed by atoms with Gasteiger partial charge in [0.05, 0.1) is 17.6 Å². The lowest BCUT2D eigenvalue weighted by Gasteiger charge is -2.28. The van der Waals surface area contributed by atoms with Gasteiger partial charge in [-0.15, -0.1) is 11.3 Å². The van der Waals surface area contributed by atoms with Crippen molar-refractivity contribution in [3.63, 3.8) is 0 Å². The van der Waals surface area contributed by atoms with Crippen LogP contribution >= 0.6 is 22.9 Å². The van der Waals surface area contributed by atoms with Gasteiger partial charge in [-0.1, -0.05) is 24.9 Å². The standard InChI is InChI=1S/C11H17ClO2S/c1-2-5-11(7-13,8-14)6-9-3-4-10(12)15-9/h3-4,13-14H,2,5-8H2,1H3. The summed E-state index contributed by atoms with van der Waals surface area (Å²) in [4.78, 5) is 1.12. The molecule has 0 spiro atoms. The van der Waals surface area contributed by atoms with E-state index < -0.39 is 0 Å². The van der Waals surface area contributed by atoms with Crippen molar-refractivity contribution in [3.05, 3.63) is 21.3 Å². The minimum atomic E-state index is -0.386. The van der Waals surface area contributed by atoms with Gasteiger partial charge < -0.3 is 10.2 Å². The highest BCUT2D eigenvalue weighted by atomic mass is 35.5. The van der Waals surface area contributed by atoms with Crippen LogP contribution in [0.3, 0.4) is 0 Å². The predicted molar refractivity (Wildman–Crippen MR) is 64.5 cm³/mol. The van der Waals surface area contributed by atoms with Gasteiger partial charge in [-0.2, -0.15) is 0 Å². The summed E-state index contributed by atoms with van der Waals surface area (Å²) < 4.78 is 0.756. The van der Waals surface area contributed by atoms with Crippen LogP contribution in [0.2, 0.25) is 4.34 Å². The monoisotopic (exact) mass is 248 g/mol. The quantitative estimate of drug-likeness (QED) is 0.813. The molecule has 0 saturated carbocycles. The Morgan fingerprint density at radius 2 is 2.00 bits per heavy atom. The number of halogens is 1. The Balaban J connectivity index is 2.73. The Morgan fingerprint density at radius 1 is 1.33 bits per heavy atom. The molecule has 2 nitrogen and oxygen atoms in total. The SMILES string of the molecule is CCCC(CO)(CO)Cc1ccc(Cl)s1. The van der Waals surface area contributed by atoms with Crippen molar-refractivity contribution in [2.24, 2.45) is 5.41 Å². The second-order valence-corrected chi connectivity index (χ2v) is 5.75. The molecule has 1 rings (SSSR count). The zero-order chi connectivity index (χ0) is 11.3. The van der Waals surface area contributed by atoms with Crippen molar-refractivity contribution in [3.8, 4) is 0 Å². The molecule has 1 heterocycles. The first-order valence-corrected chi connectivity index (χ1v) is 6.31. The van der Waals surface area contributed by atoms with Crippen molar-refractivity contribution in [1.82, 2.24) is 0 Å². The molecule has 0 radical (unpaired) electrons. The molecule has 0 amide bonds. The van der Waals surface area contributed by atoms with Gasteiger partial charge in [0.2, 0.25) is 0 Å². The third-order valence-corrected chi connectivity index (χ3v) is 3.86. The molecular weight excluding hydrogens is 232 g/mol. The van der Waals surface area contributed by atoms with Crippen molar-refractivity contribution in [2.45, 2.75) is 26.2 Å². The highest BCUT2D eigenvalue weighted by Crippen LogP contribution is 2.32. The molecule has 0 fully saturated rings. The Bertz CT molecular complexity index is 295. The van der Waals surface area contributed by atoms with Gasteiger partial charge >= 0.3 is 0 Å². The van der Waals surface area contributed by atoms with Gasteiger partial charge in [0.25, 0.3) is 0 Å². The van der Waals surface area contributed by atoms with Crippen LogP contribution in [-0.2, 0) is 6.42 Å². The Kier molecular flexibility index (Phi) is 5.06. The van der Waals surface area contributed by atoms with Crippen LogP contribution in [-0.4, -0.2) is 23.4 Å². The second kappa shape index (κ2) is 5.85. The maximum atomic E-state index is 9.39. The summed E-state index contributed by atoms with van der Waals surface area (Å²) in [6.45, 7) is 2.10. The van der Waals surface area contributed by atoms with Gasteiger partial charge in [-0.3, -0.25) is 0 Å². The van der Waals surface area contributed by atoms with E-state index >= 15 is 0 Å². The molecule has 1 aromatic rings. The molecule has 0 aliphatic heterocycles. The van der Waals surface area contributed by atoms with Crippen LogP contribution in [0.1, 0.15) is 24.6 Å². The number of thiophene rings is 1. The first kappa shape index (κ1) is 13.0. The lowest BCUT2D eigenvalue weighted by atomic mass is 9.81. The van der Waals surface area contributed by atoms with Gasteiger partial charge in [-0.05, 0) is 25.0 Å². The minimum absolute atomic E-state index is 0.0207. The summed E-state index contributed by atoms with van der Waals surface area (Å²) in [7, 11) is 0. The molecule has 0 aromatic carbocycles. The third-order valence-electron chi connectivity index (χ3n) is 2.63. The van der Waals surface area contributed by atoms with Crippen molar-refractivity contribution < 1.29 is 10.2 Å². The van der Waals surface area contributed by atoms with Crippen LogP contribution in [0.5, 0.6) is 0 Å². The molecule has 0 unspecified atom stereocenters. The summed E-state index contributed by atoms with van der Waals surface area (Å²) in [6.07, 6.45) is 2.49. The fourth-order valence-corrected chi connectivity index (χ4v) is 3.02. The van der Waals surface area contributed by atoms with E-state index in [-0.39, 0.29) is 18.6 Å². The molecule has 0 atom stereocenters. The first-order chi connectivity index (χ1) is 7.15. The molecule has 15 heavy (non-hydrogen) atoms. The molecule has 2 N–H and O–H groups in total. The van der Waals surface area contributed by atoms with Gasteiger partial charge in [0, 0.05) is 10.3 Å². The van der Waals surface area contributed by atoms with E-state index in [9.17, 15) is 10.2 Å². The summed E-state index contributed by atoms with van der Waals surface area (Å²) in [5, 5.41) is 18.8. The van der Waals surface area contributed by atoms with Gasteiger partial charge in [0.15, 0.2) is 0 Å². The topological polar surface area (TPSA) is 40.5 Å². The summed E-state index contributed by atoms with van der Waals surface area (Å²) in [6, 6.07) is 3.82. The predicted octanol–water partition coefficient (Wildman–Crippen LogP) is 2.72. The van der Waals surface area contributed by atoms with Crippen LogP contribution in [0.15, 0.2) is 12.1 Å². The second-order valence-electron chi connectivity index (χ2n) is 3.95. The maximum Gasteiger partial charge on any atom is 0.0931 e. The van der Waals surface area contributed by atoms with E-state index in [0.29, 0.717) is 6.42 Å². The summed E-state index contributed by atoms with van der Waals surface area (Å²) >= 11 is 7.36. The summed E-state index contributed by atoms with van der Waals surface area (Å²) in [5.74, 6) is 0. The fourth-order valence-electron chi connectivity index (χ4n) is 1.75. The van der Waals surface area contributed by atoms with Crippen molar-refractivity contribution in [2.75, 3.05) is 13.2 Å². The molecule has 0 aliphatic rings. The van der Waals surface area contributed by atoms with E-state index in [4.69, 9.17) is 11.6 Å². The zero-order valence-corrected chi connectivity index (χ0v) is 10.4. The third kappa shape index (κ3) is 3.45. The van der Waals surface area contributed by atoms with Gasteiger partial charge in [0.1, 0.15) is 0 Å². The average molecular weight is 249 g/mol. The number of aliphatic hydroxyl groups excluding tert-OH is 2. The van der Waals surface area contributed by atoms with Crippen molar-refractivity contribution >= 4 is 22.9 Å². The Labute approximate surface area is 99.5 Å². The molecule has 1 aromatic heterocycles. The fraction of sp³-hybridized carbons (Fsp3) is 0.636. The maximum absolute atomic E-state index is 9.39. The van der Waals surface area contributed by atoms with E-state index in [0.717, 1.165) is 22.1 Å². The number of hydrogen-bond acceptors (Lipinski definition) is 3. The Morgan fingerprint density at radius 3 is 2.40 bits per heavy atom. The van der Waals surface area contributed by atoms with E-state index in [1.807, 2.05) is 12.1 Å². The number of aliphatic hydroxyl groups is 2. The first-order valence-electron chi connectivity index (χ1n) is 5.12. The minimum Gasteiger partial charge on any atom is -0.396 e. The van der Waals surface area contributed by atoms with E-state index in [1.54, 1.807) is 0 Å². The zero-order valence-electron chi connectivity index (χ0n) is 8.87. The lowest BCUT2D eigenvalue weighted by molar-refractivity contribution is 0.0473. The highest BCUT2D eigenvalue weighted by Gasteiger charge is 2.28. The van der Waals surface area contributed by atoms with Gasteiger partial charge in [-0.25, -0.2) is 0 Å². The van der Waals surface area contributed by atoms with Crippen LogP contribution < -0.4 is 0 Å². The molecule has 4 heteroatoms. The molecule has 0 saturated heterocycles. The smallest absolute Gasteiger partial charge is 0.0931 e. The Hall–Kier alpha value is -0.0900. The molecule has 0 bridgehead atoms. The van der Waals surface area contributed by atoms with E-state index in [2.05, 4.69) is 6.92 Å². The summed E-state index contributed by atoms with van der Waals surface area (Å²) in [5.41, 5.74) is -0.386. The highest BCUT2D eigenvalue weighted by molar-refractivity contribution is 7.16. The number of hydrogen-bond donors (Lipinski definition) is 2. The van der Waals surface area contributed by atoms with Crippen LogP contribution in [0.25, 0.3) is 0 Å². The van der Waals surface area contributed by atoms with Crippen LogP contribution in [0, 0.1) is 5.41 Å². The average Bonchev–Trinajstić information content (AvgIpc) is 2.63. The molecule has 86 valence electrons. The number of rotatable bonds is 6. The normalized spacial score (nSPS) is 12.0. The van der Waals surface area contributed by atoms with E-state index in [1.165, 1.54) is 11.3 Å². The molecule has 0 aliphatic carbocycles. The van der Waals surface area contributed by atoms with Crippen molar-refractivity contribution in [1.29, 1.82) is 0 Å². The lowest BCUT2D eigenvalue weighted by Crippen LogP contribution is -2.31.